The highest BCUT2D eigenvalue weighted by Gasteiger charge is 2.39. The molecule has 3 aromatic carbocycles. The van der Waals surface area contributed by atoms with Crippen LogP contribution in [-0.4, -0.2) is 116 Å². The number of amides is 5. The normalized spacial score (nSPS) is 21.1. The van der Waals surface area contributed by atoms with Crippen molar-refractivity contribution in [2.24, 2.45) is 5.92 Å². The third-order valence-electron chi connectivity index (χ3n) is 10.1. The van der Waals surface area contributed by atoms with Crippen LogP contribution < -0.4 is 25.4 Å². The van der Waals surface area contributed by atoms with Gasteiger partial charge in [0.15, 0.2) is 6.61 Å². The molecule has 14 heteroatoms. The summed E-state index contributed by atoms with van der Waals surface area (Å²) in [6.45, 7) is 3.86. The summed E-state index contributed by atoms with van der Waals surface area (Å²) in [6, 6.07) is 21.4. The number of nitrogens with one attached hydrogen (secondary N) is 4. The summed E-state index contributed by atoms with van der Waals surface area (Å²) in [7, 11) is 3.08. The standard InChI is InChI=1S/C42H50N6O8/c1-26(2)17-35-41(52)47(15-16-54-3)24-38(49)44-34(18-27-9-6-5-7-10-27)40(51)46-37-23-48(42(53)36-21-29-20-30(55-4)13-14-33(29)43-36)22-32(37)28-11-8-12-31(19-28)56-25-39(50)45-35/h5-14,19-21,26,32,34-35,37,43H,15-18,22-25H2,1-4H3,(H,44,49)(H,45,50)(H,46,51)/t32-,34-,35+,37+/m0/s1. The topological polar surface area (TPSA) is 171 Å². The summed E-state index contributed by atoms with van der Waals surface area (Å²) < 4.78 is 16.6. The number of rotatable bonds is 9. The van der Waals surface area contributed by atoms with Gasteiger partial charge in [0.1, 0.15) is 29.3 Å². The summed E-state index contributed by atoms with van der Waals surface area (Å²) in [6.07, 6.45) is 0.507. The molecule has 2 bridgehead atoms. The van der Waals surface area contributed by atoms with E-state index in [9.17, 15) is 24.0 Å². The van der Waals surface area contributed by atoms with Crippen LogP contribution in [0.3, 0.4) is 0 Å². The van der Waals surface area contributed by atoms with E-state index < -0.39 is 41.8 Å². The van der Waals surface area contributed by atoms with Crippen LogP contribution in [0.5, 0.6) is 11.5 Å². The van der Waals surface area contributed by atoms with Crippen molar-refractivity contribution >= 4 is 40.4 Å². The van der Waals surface area contributed by atoms with Crippen molar-refractivity contribution in [3.8, 4) is 11.5 Å². The van der Waals surface area contributed by atoms with Gasteiger partial charge in [-0.2, -0.15) is 0 Å². The maximum absolute atomic E-state index is 14.4. The molecule has 2 aliphatic rings. The Morgan fingerprint density at radius 2 is 1.66 bits per heavy atom. The number of benzene rings is 3. The number of likely N-dealkylation sites (tertiary alicyclic amines) is 1. The van der Waals surface area contributed by atoms with Gasteiger partial charge in [0.2, 0.25) is 17.7 Å². The third kappa shape index (κ3) is 9.85. The Labute approximate surface area is 326 Å². The first-order valence-electron chi connectivity index (χ1n) is 18.9. The van der Waals surface area contributed by atoms with E-state index in [-0.39, 0.29) is 63.6 Å². The lowest BCUT2D eigenvalue weighted by molar-refractivity contribution is -0.141. The third-order valence-corrected chi connectivity index (χ3v) is 10.1. The average Bonchev–Trinajstić information content (AvgIpc) is 3.82. The number of ether oxygens (including phenoxy) is 3. The largest absolute Gasteiger partial charge is 0.497 e. The summed E-state index contributed by atoms with van der Waals surface area (Å²) >= 11 is 0. The maximum atomic E-state index is 14.4. The van der Waals surface area contributed by atoms with Gasteiger partial charge in [0.05, 0.1) is 26.3 Å². The summed E-state index contributed by atoms with van der Waals surface area (Å²) in [4.78, 5) is 75.7. The highest BCUT2D eigenvalue weighted by molar-refractivity contribution is 5.99. The van der Waals surface area contributed by atoms with Crippen molar-refractivity contribution in [2.75, 3.05) is 53.6 Å². The molecule has 1 saturated heterocycles. The molecule has 3 heterocycles. The fourth-order valence-electron chi connectivity index (χ4n) is 7.33. The number of fused-ring (bicyclic) bond motifs is 5. The Morgan fingerprint density at radius 1 is 0.875 bits per heavy atom. The quantitative estimate of drug-likeness (QED) is 0.202. The molecule has 2 aliphatic heterocycles. The van der Waals surface area contributed by atoms with Gasteiger partial charge >= 0.3 is 0 Å². The molecule has 4 aromatic rings. The highest BCUT2D eigenvalue weighted by atomic mass is 16.5. The second-order valence-electron chi connectivity index (χ2n) is 14.7. The lowest BCUT2D eigenvalue weighted by Crippen LogP contribution is -2.56. The lowest BCUT2D eigenvalue weighted by atomic mass is 9.93. The first-order chi connectivity index (χ1) is 27.0. The second kappa shape index (κ2) is 18.2. The van der Waals surface area contributed by atoms with Gasteiger partial charge in [0, 0.05) is 50.0 Å². The van der Waals surface area contributed by atoms with Crippen molar-refractivity contribution in [3.05, 3.63) is 95.7 Å². The molecule has 0 spiro atoms. The van der Waals surface area contributed by atoms with Crippen LogP contribution in [0.25, 0.3) is 10.9 Å². The number of H-pyrrole nitrogens is 1. The van der Waals surface area contributed by atoms with E-state index in [2.05, 4.69) is 20.9 Å². The first-order valence-corrected chi connectivity index (χ1v) is 18.9. The zero-order chi connectivity index (χ0) is 39.8. The summed E-state index contributed by atoms with van der Waals surface area (Å²) in [5.74, 6) is -1.40. The van der Waals surface area contributed by atoms with Gasteiger partial charge in [0.25, 0.3) is 11.8 Å². The van der Waals surface area contributed by atoms with Gasteiger partial charge in [-0.3, -0.25) is 24.0 Å². The number of aromatic amines is 1. The summed E-state index contributed by atoms with van der Waals surface area (Å²) in [5.41, 5.74) is 2.79. The van der Waals surface area contributed by atoms with Crippen LogP contribution in [0.2, 0.25) is 0 Å². The number of carbonyl (C=O) groups is 5. The molecule has 4 atom stereocenters. The van der Waals surface area contributed by atoms with Crippen LogP contribution >= 0.6 is 0 Å². The smallest absolute Gasteiger partial charge is 0.270 e. The Hall–Kier alpha value is -5.89. The molecule has 0 radical (unpaired) electrons. The monoisotopic (exact) mass is 766 g/mol. The first kappa shape index (κ1) is 39.8. The Bertz CT molecular complexity index is 2030. The van der Waals surface area contributed by atoms with Crippen molar-refractivity contribution in [3.63, 3.8) is 0 Å². The van der Waals surface area contributed by atoms with E-state index in [4.69, 9.17) is 14.2 Å². The van der Waals surface area contributed by atoms with E-state index in [0.717, 1.165) is 22.0 Å². The maximum Gasteiger partial charge on any atom is 0.270 e. The van der Waals surface area contributed by atoms with Gasteiger partial charge < -0.3 is 44.9 Å². The van der Waals surface area contributed by atoms with E-state index in [0.29, 0.717) is 23.6 Å². The van der Waals surface area contributed by atoms with Crippen LogP contribution in [0.15, 0.2) is 78.9 Å². The number of aromatic nitrogens is 1. The van der Waals surface area contributed by atoms with Gasteiger partial charge in [-0.15, -0.1) is 0 Å². The minimum atomic E-state index is -1.02. The number of hydrogen-bond donors (Lipinski definition) is 4. The van der Waals surface area contributed by atoms with E-state index >= 15 is 0 Å². The minimum Gasteiger partial charge on any atom is -0.497 e. The second-order valence-corrected chi connectivity index (χ2v) is 14.7. The molecule has 0 saturated carbocycles. The van der Waals surface area contributed by atoms with Gasteiger partial charge in [-0.1, -0.05) is 56.3 Å². The number of carbonyl (C=O) groups excluding carboxylic acids is 5. The fraction of sp³-hybridized carbons (Fsp3) is 0.405. The molecule has 1 aromatic heterocycles. The van der Waals surface area contributed by atoms with Crippen molar-refractivity contribution < 1.29 is 38.2 Å². The van der Waals surface area contributed by atoms with E-state index in [1.54, 1.807) is 36.3 Å². The molecule has 5 amide bonds. The Balaban J connectivity index is 1.34. The predicted octanol–water partition coefficient (Wildman–Crippen LogP) is 3.03. The Kier molecular flexibility index (Phi) is 12.9. The van der Waals surface area contributed by atoms with Crippen LogP contribution in [-0.2, 0) is 30.3 Å². The van der Waals surface area contributed by atoms with E-state index in [1.165, 1.54) is 12.0 Å². The molecule has 0 aliphatic carbocycles. The molecule has 296 valence electrons. The molecule has 14 nitrogen and oxygen atoms in total. The fourth-order valence-corrected chi connectivity index (χ4v) is 7.33. The molecule has 6 rings (SSSR count). The van der Waals surface area contributed by atoms with E-state index in [1.807, 2.05) is 68.4 Å². The zero-order valence-corrected chi connectivity index (χ0v) is 32.2. The predicted molar refractivity (Wildman–Crippen MR) is 209 cm³/mol. The summed E-state index contributed by atoms with van der Waals surface area (Å²) in [5, 5.41) is 9.71. The molecular formula is C42H50N6O8. The van der Waals surface area contributed by atoms with Crippen molar-refractivity contribution in [2.45, 2.75) is 50.7 Å². The molecule has 56 heavy (non-hydrogen) atoms. The van der Waals surface area contributed by atoms with Crippen molar-refractivity contribution in [1.29, 1.82) is 0 Å². The number of methoxy groups -OCH3 is 2. The SMILES string of the molecule is COCCN1CC(=O)N[C@@H](Cc2ccccc2)C(=O)N[C@@H]2CN(C(=O)c3cc4cc(OC)ccc4[nH]3)C[C@H]2c2cccc(c2)OCC(=O)N[C@H](CC(C)C)C1=O. The molecule has 4 N–H and O–H groups in total. The lowest BCUT2D eigenvalue weighted by Gasteiger charge is -2.29. The minimum absolute atomic E-state index is 0.0436. The molecule has 0 unspecified atom stereocenters. The van der Waals surface area contributed by atoms with Gasteiger partial charge in [-0.25, -0.2) is 0 Å². The number of nitrogens with zero attached hydrogens (tertiary/aromatic N) is 2. The average molecular weight is 767 g/mol. The molecule has 1 fully saturated rings. The van der Waals surface area contributed by atoms with Crippen LogP contribution in [0.4, 0.5) is 0 Å². The highest BCUT2D eigenvalue weighted by Crippen LogP contribution is 2.32. The van der Waals surface area contributed by atoms with Crippen LogP contribution in [0, 0.1) is 5.92 Å². The molecular weight excluding hydrogens is 716 g/mol. The van der Waals surface area contributed by atoms with Crippen molar-refractivity contribution in [1.82, 2.24) is 30.7 Å². The Morgan fingerprint density at radius 3 is 2.41 bits per heavy atom. The van der Waals surface area contributed by atoms with Gasteiger partial charge in [-0.05, 0) is 59.9 Å². The number of hydrogen-bond acceptors (Lipinski definition) is 8. The van der Waals surface area contributed by atoms with Crippen LogP contribution in [0.1, 0.15) is 47.8 Å². The zero-order valence-electron chi connectivity index (χ0n) is 32.2.